The van der Waals surface area contributed by atoms with Gasteiger partial charge in [-0.15, -0.1) is 11.8 Å². The normalized spacial score (nSPS) is 16.7. The second-order valence-electron chi connectivity index (χ2n) is 3.29. The lowest BCUT2D eigenvalue weighted by atomic mass is 10.1. The van der Waals surface area contributed by atoms with E-state index >= 15 is 0 Å². The SMILES string of the molecule is Clc1ccc(SCC2COC2)cc1Cl. The maximum atomic E-state index is 5.91. The summed E-state index contributed by atoms with van der Waals surface area (Å²) >= 11 is 13.5. The third-order valence-corrected chi connectivity index (χ3v) is 4.05. The van der Waals surface area contributed by atoms with Crippen molar-refractivity contribution in [1.82, 2.24) is 0 Å². The van der Waals surface area contributed by atoms with Crippen molar-refractivity contribution in [3.8, 4) is 0 Å². The second kappa shape index (κ2) is 4.75. The van der Waals surface area contributed by atoms with Crippen LogP contribution in [0.1, 0.15) is 0 Å². The third-order valence-electron chi connectivity index (χ3n) is 2.08. The predicted molar refractivity (Wildman–Crippen MR) is 61.5 cm³/mol. The molecule has 76 valence electrons. The van der Waals surface area contributed by atoms with Gasteiger partial charge in [0.25, 0.3) is 0 Å². The highest BCUT2D eigenvalue weighted by atomic mass is 35.5. The Kier molecular flexibility index (Phi) is 3.61. The Labute approximate surface area is 97.7 Å². The molecule has 0 aliphatic carbocycles. The number of rotatable bonds is 3. The van der Waals surface area contributed by atoms with Gasteiger partial charge in [-0.3, -0.25) is 0 Å². The van der Waals surface area contributed by atoms with Crippen LogP contribution in [-0.2, 0) is 4.74 Å². The Morgan fingerprint density at radius 2 is 2.07 bits per heavy atom. The highest BCUT2D eigenvalue weighted by Gasteiger charge is 2.18. The molecule has 0 radical (unpaired) electrons. The molecule has 4 heteroatoms. The molecule has 1 fully saturated rings. The quantitative estimate of drug-likeness (QED) is 0.755. The van der Waals surface area contributed by atoms with Gasteiger partial charge in [0.05, 0.1) is 23.3 Å². The highest BCUT2D eigenvalue weighted by Crippen LogP contribution is 2.29. The lowest BCUT2D eigenvalue weighted by Crippen LogP contribution is -2.29. The van der Waals surface area contributed by atoms with Crippen LogP contribution in [0.25, 0.3) is 0 Å². The Bertz CT molecular complexity index is 326. The molecule has 0 unspecified atom stereocenters. The molecule has 0 atom stereocenters. The Balaban J connectivity index is 1.91. The Morgan fingerprint density at radius 1 is 1.29 bits per heavy atom. The summed E-state index contributed by atoms with van der Waals surface area (Å²) in [5.41, 5.74) is 0. The molecular weight excluding hydrogens is 239 g/mol. The summed E-state index contributed by atoms with van der Waals surface area (Å²) in [6.07, 6.45) is 0. The van der Waals surface area contributed by atoms with Gasteiger partial charge in [0.15, 0.2) is 0 Å². The van der Waals surface area contributed by atoms with Crippen LogP contribution in [0.3, 0.4) is 0 Å². The molecule has 0 saturated carbocycles. The van der Waals surface area contributed by atoms with E-state index in [1.54, 1.807) is 11.8 Å². The smallest absolute Gasteiger partial charge is 0.0603 e. The molecule has 1 aromatic carbocycles. The van der Waals surface area contributed by atoms with Crippen LogP contribution >= 0.6 is 35.0 Å². The molecule has 1 heterocycles. The Morgan fingerprint density at radius 3 is 2.64 bits per heavy atom. The van der Waals surface area contributed by atoms with E-state index in [1.807, 2.05) is 18.2 Å². The zero-order valence-corrected chi connectivity index (χ0v) is 9.83. The largest absolute Gasteiger partial charge is 0.381 e. The van der Waals surface area contributed by atoms with Crippen molar-refractivity contribution in [1.29, 1.82) is 0 Å². The molecular formula is C10H10Cl2OS. The predicted octanol–water partition coefficient (Wildman–Crippen LogP) is 3.73. The molecule has 0 bridgehead atoms. The second-order valence-corrected chi connectivity index (χ2v) is 5.20. The van der Waals surface area contributed by atoms with Gasteiger partial charge in [-0.1, -0.05) is 23.2 Å². The van der Waals surface area contributed by atoms with Crippen molar-refractivity contribution in [2.24, 2.45) is 5.92 Å². The van der Waals surface area contributed by atoms with Gasteiger partial charge in [-0.25, -0.2) is 0 Å². The van der Waals surface area contributed by atoms with Crippen molar-refractivity contribution in [3.05, 3.63) is 28.2 Å². The summed E-state index contributed by atoms with van der Waals surface area (Å²) in [6, 6.07) is 5.75. The molecule has 0 spiro atoms. The fraction of sp³-hybridized carbons (Fsp3) is 0.400. The summed E-state index contributed by atoms with van der Waals surface area (Å²) < 4.78 is 5.11. The Hall–Kier alpha value is 0.110. The van der Waals surface area contributed by atoms with Crippen LogP contribution < -0.4 is 0 Å². The van der Waals surface area contributed by atoms with E-state index in [1.165, 1.54) is 4.90 Å². The van der Waals surface area contributed by atoms with E-state index in [4.69, 9.17) is 27.9 Å². The van der Waals surface area contributed by atoms with E-state index < -0.39 is 0 Å². The van der Waals surface area contributed by atoms with E-state index in [0.717, 1.165) is 19.0 Å². The fourth-order valence-corrected chi connectivity index (χ4v) is 2.51. The molecule has 1 aliphatic heterocycles. The van der Waals surface area contributed by atoms with Crippen molar-refractivity contribution < 1.29 is 4.74 Å². The van der Waals surface area contributed by atoms with Gasteiger partial charge in [0.1, 0.15) is 0 Å². The maximum absolute atomic E-state index is 5.91. The number of halogens is 2. The minimum atomic E-state index is 0.614. The number of ether oxygens (including phenoxy) is 1. The first-order valence-electron chi connectivity index (χ1n) is 4.41. The molecule has 1 aromatic rings. The summed E-state index contributed by atoms with van der Waals surface area (Å²) in [7, 11) is 0. The van der Waals surface area contributed by atoms with Crippen molar-refractivity contribution >= 4 is 35.0 Å². The number of hydrogen-bond acceptors (Lipinski definition) is 2. The minimum absolute atomic E-state index is 0.614. The monoisotopic (exact) mass is 248 g/mol. The third kappa shape index (κ3) is 2.57. The van der Waals surface area contributed by atoms with Gasteiger partial charge in [0.2, 0.25) is 0 Å². The zero-order chi connectivity index (χ0) is 9.97. The summed E-state index contributed by atoms with van der Waals surface area (Å²) in [4.78, 5) is 1.17. The molecule has 0 N–H and O–H groups in total. The summed E-state index contributed by atoms with van der Waals surface area (Å²) in [6.45, 7) is 1.79. The maximum Gasteiger partial charge on any atom is 0.0603 e. The lowest BCUT2D eigenvalue weighted by molar-refractivity contribution is -0.0196. The van der Waals surface area contributed by atoms with Crippen LogP contribution in [0.4, 0.5) is 0 Å². The van der Waals surface area contributed by atoms with Crippen LogP contribution in [0, 0.1) is 5.92 Å². The van der Waals surface area contributed by atoms with Gasteiger partial charge >= 0.3 is 0 Å². The fourth-order valence-electron chi connectivity index (χ4n) is 1.16. The van der Waals surface area contributed by atoms with E-state index in [-0.39, 0.29) is 0 Å². The van der Waals surface area contributed by atoms with Gasteiger partial charge in [0, 0.05) is 16.6 Å². The average molecular weight is 249 g/mol. The summed E-state index contributed by atoms with van der Waals surface area (Å²) in [5.74, 6) is 1.80. The first-order chi connectivity index (χ1) is 6.75. The zero-order valence-electron chi connectivity index (χ0n) is 7.50. The van der Waals surface area contributed by atoms with E-state index in [2.05, 4.69) is 0 Å². The molecule has 1 nitrogen and oxygen atoms in total. The topological polar surface area (TPSA) is 9.23 Å². The first-order valence-corrected chi connectivity index (χ1v) is 6.15. The number of thioether (sulfide) groups is 1. The van der Waals surface area contributed by atoms with Crippen molar-refractivity contribution in [3.63, 3.8) is 0 Å². The van der Waals surface area contributed by atoms with Crippen LogP contribution in [0.5, 0.6) is 0 Å². The van der Waals surface area contributed by atoms with Crippen LogP contribution in [0.2, 0.25) is 10.0 Å². The average Bonchev–Trinajstić information content (AvgIpc) is 2.08. The number of benzene rings is 1. The standard InChI is InChI=1S/C10H10Cl2OS/c11-9-2-1-8(3-10(9)12)14-6-7-4-13-5-7/h1-3,7H,4-6H2. The molecule has 14 heavy (non-hydrogen) atoms. The minimum Gasteiger partial charge on any atom is -0.381 e. The number of hydrogen-bond donors (Lipinski definition) is 0. The van der Waals surface area contributed by atoms with Crippen molar-refractivity contribution in [2.45, 2.75) is 4.90 Å². The summed E-state index contributed by atoms with van der Waals surface area (Å²) in [5, 5.41) is 1.24. The molecule has 0 aromatic heterocycles. The van der Waals surface area contributed by atoms with Crippen molar-refractivity contribution in [2.75, 3.05) is 19.0 Å². The molecule has 0 amide bonds. The van der Waals surface area contributed by atoms with Crippen LogP contribution in [-0.4, -0.2) is 19.0 Å². The van der Waals surface area contributed by atoms with Crippen LogP contribution in [0.15, 0.2) is 23.1 Å². The van der Waals surface area contributed by atoms with Gasteiger partial charge < -0.3 is 4.74 Å². The highest BCUT2D eigenvalue weighted by molar-refractivity contribution is 7.99. The lowest BCUT2D eigenvalue weighted by Gasteiger charge is -2.25. The van der Waals surface area contributed by atoms with Gasteiger partial charge in [-0.2, -0.15) is 0 Å². The van der Waals surface area contributed by atoms with E-state index in [9.17, 15) is 0 Å². The van der Waals surface area contributed by atoms with Gasteiger partial charge in [-0.05, 0) is 18.2 Å². The van der Waals surface area contributed by atoms with E-state index in [0.29, 0.717) is 16.0 Å². The molecule has 1 aliphatic rings. The molecule has 2 rings (SSSR count). The molecule has 1 saturated heterocycles. The first kappa shape index (κ1) is 10.6.